The number of hydrogen-bond donors (Lipinski definition) is 0. The topological polar surface area (TPSA) is 52.4 Å². The summed E-state index contributed by atoms with van der Waals surface area (Å²) in [5.41, 5.74) is 0.690. The molecule has 2 aliphatic heterocycles. The van der Waals surface area contributed by atoms with Crippen LogP contribution in [0.2, 0.25) is 0 Å². The fraction of sp³-hybridized carbons (Fsp3) is 0.625. The van der Waals surface area contributed by atoms with Crippen LogP contribution in [0.4, 0.5) is 5.82 Å². The van der Waals surface area contributed by atoms with Crippen molar-refractivity contribution in [3.63, 3.8) is 0 Å². The summed E-state index contributed by atoms with van der Waals surface area (Å²) < 4.78 is 5.41. The Labute approximate surface area is 126 Å². The van der Waals surface area contributed by atoms with Crippen molar-refractivity contribution in [1.82, 2.24) is 9.88 Å². The van der Waals surface area contributed by atoms with E-state index in [1.807, 2.05) is 6.07 Å². The van der Waals surface area contributed by atoms with E-state index in [9.17, 15) is 0 Å². The fourth-order valence-corrected chi connectivity index (χ4v) is 3.23. The minimum Gasteiger partial charge on any atom is -0.379 e. The molecule has 5 heteroatoms. The lowest BCUT2D eigenvalue weighted by Gasteiger charge is -2.37. The van der Waals surface area contributed by atoms with E-state index >= 15 is 0 Å². The molecule has 0 bridgehead atoms. The van der Waals surface area contributed by atoms with E-state index in [0.29, 0.717) is 11.5 Å². The number of hydrogen-bond acceptors (Lipinski definition) is 5. The van der Waals surface area contributed by atoms with Crippen molar-refractivity contribution in [3.05, 3.63) is 23.9 Å². The molecule has 1 aromatic heterocycles. The van der Waals surface area contributed by atoms with E-state index in [1.54, 1.807) is 12.3 Å². The maximum atomic E-state index is 9.01. The van der Waals surface area contributed by atoms with Crippen LogP contribution in [0.1, 0.15) is 18.4 Å². The van der Waals surface area contributed by atoms with Crippen LogP contribution in [0.5, 0.6) is 0 Å². The van der Waals surface area contributed by atoms with E-state index in [4.69, 9.17) is 10.00 Å². The number of nitriles is 1. The van der Waals surface area contributed by atoms with Gasteiger partial charge in [0.2, 0.25) is 0 Å². The summed E-state index contributed by atoms with van der Waals surface area (Å²) in [7, 11) is 0. The average Bonchev–Trinajstić information content (AvgIpc) is 2.56. The number of pyridine rings is 1. The van der Waals surface area contributed by atoms with Gasteiger partial charge in [0.1, 0.15) is 5.82 Å². The van der Waals surface area contributed by atoms with Crippen molar-refractivity contribution >= 4 is 5.82 Å². The molecule has 0 saturated carbocycles. The molecule has 0 amide bonds. The fourth-order valence-electron chi connectivity index (χ4n) is 3.23. The third kappa shape index (κ3) is 3.72. The third-order valence-electron chi connectivity index (χ3n) is 4.34. The summed E-state index contributed by atoms with van der Waals surface area (Å²) in [5.74, 6) is 1.63. The first-order chi connectivity index (χ1) is 10.3. The normalized spacial score (nSPS) is 23.8. The molecule has 1 atom stereocenters. The van der Waals surface area contributed by atoms with Gasteiger partial charge in [-0.1, -0.05) is 0 Å². The van der Waals surface area contributed by atoms with Gasteiger partial charge >= 0.3 is 0 Å². The quantitative estimate of drug-likeness (QED) is 0.843. The van der Waals surface area contributed by atoms with Crippen molar-refractivity contribution in [2.24, 2.45) is 5.92 Å². The minimum absolute atomic E-state index is 0.685. The van der Waals surface area contributed by atoms with Crippen LogP contribution >= 0.6 is 0 Å². The van der Waals surface area contributed by atoms with Crippen LogP contribution in [0, 0.1) is 17.2 Å². The van der Waals surface area contributed by atoms with E-state index in [2.05, 4.69) is 20.9 Å². The number of rotatable bonds is 3. The Balaban J connectivity index is 1.61. The summed E-state index contributed by atoms with van der Waals surface area (Å²) in [4.78, 5) is 9.27. The molecule has 0 aromatic carbocycles. The summed E-state index contributed by atoms with van der Waals surface area (Å²) in [6.07, 6.45) is 4.22. The van der Waals surface area contributed by atoms with Gasteiger partial charge in [0, 0.05) is 38.9 Å². The molecule has 0 radical (unpaired) electrons. The highest BCUT2D eigenvalue weighted by Crippen LogP contribution is 2.23. The predicted octanol–water partition coefficient (Wildman–Crippen LogP) is 1.50. The second-order valence-electron chi connectivity index (χ2n) is 5.88. The number of aromatic nitrogens is 1. The number of nitrogens with zero attached hydrogens (tertiary/aromatic N) is 4. The maximum Gasteiger partial charge on any atom is 0.129 e. The molecule has 21 heavy (non-hydrogen) atoms. The molecule has 2 aliphatic rings. The zero-order valence-corrected chi connectivity index (χ0v) is 12.4. The standard InChI is InChI=1S/C16H22N4O/c17-11-14-3-4-18-16(10-14)20-5-1-2-15(13-20)12-19-6-8-21-9-7-19/h3-4,10,15H,1-2,5-9,12-13H2/t15-/m0/s1. The lowest BCUT2D eigenvalue weighted by molar-refractivity contribution is 0.0296. The molecule has 112 valence electrons. The van der Waals surface area contributed by atoms with Gasteiger partial charge in [-0.3, -0.25) is 4.90 Å². The van der Waals surface area contributed by atoms with Crippen LogP contribution in [-0.2, 0) is 4.74 Å². The highest BCUT2D eigenvalue weighted by atomic mass is 16.5. The molecule has 0 aliphatic carbocycles. The van der Waals surface area contributed by atoms with Crippen molar-refractivity contribution in [2.75, 3.05) is 50.8 Å². The van der Waals surface area contributed by atoms with Gasteiger partial charge in [0.15, 0.2) is 0 Å². The summed E-state index contributed by atoms with van der Waals surface area (Å²) in [6, 6.07) is 5.86. The molecule has 5 nitrogen and oxygen atoms in total. The average molecular weight is 286 g/mol. The smallest absolute Gasteiger partial charge is 0.129 e. The molecule has 0 spiro atoms. The van der Waals surface area contributed by atoms with Crippen LogP contribution in [0.3, 0.4) is 0 Å². The third-order valence-corrected chi connectivity index (χ3v) is 4.34. The van der Waals surface area contributed by atoms with Crippen molar-refractivity contribution < 1.29 is 4.74 Å². The van der Waals surface area contributed by atoms with Crippen LogP contribution < -0.4 is 4.90 Å². The van der Waals surface area contributed by atoms with Crippen LogP contribution in [0.25, 0.3) is 0 Å². The van der Waals surface area contributed by atoms with E-state index < -0.39 is 0 Å². The summed E-state index contributed by atoms with van der Waals surface area (Å²) in [5, 5.41) is 9.01. The second kappa shape index (κ2) is 6.88. The molecule has 0 unspecified atom stereocenters. The first-order valence-corrected chi connectivity index (χ1v) is 7.76. The zero-order valence-electron chi connectivity index (χ0n) is 12.4. The molecular weight excluding hydrogens is 264 g/mol. The Bertz CT molecular complexity index is 507. The lowest BCUT2D eigenvalue weighted by atomic mass is 9.97. The van der Waals surface area contributed by atoms with E-state index in [-0.39, 0.29) is 0 Å². The maximum absolute atomic E-state index is 9.01. The summed E-state index contributed by atoms with van der Waals surface area (Å²) in [6.45, 7) is 7.07. The molecule has 0 N–H and O–H groups in total. The van der Waals surface area contributed by atoms with Gasteiger partial charge in [-0.25, -0.2) is 4.98 Å². The summed E-state index contributed by atoms with van der Waals surface area (Å²) >= 11 is 0. The van der Waals surface area contributed by atoms with Gasteiger partial charge < -0.3 is 9.64 Å². The molecule has 3 rings (SSSR count). The zero-order chi connectivity index (χ0) is 14.5. The predicted molar refractivity (Wildman–Crippen MR) is 81.1 cm³/mol. The number of ether oxygens (including phenoxy) is 1. The molecule has 2 fully saturated rings. The number of morpholine rings is 1. The number of anilines is 1. The molecule has 1 aromatic rings. The SMILES string of the molecule is N#Cc1ccnc(N2CCC[C@@H](CN3CCOCC3)C2)c1. The Morgan fingerprint density at radius 1 is 1.33 bits per heavy atom. The second-order valence-corrected chi connectivity index (χ2v) is 5.88. The highest BCUT2D eigenvalue weighted by molar-refractivity contribution is 5.45. The van der Waals surface area contributed by atoms with Crippen LogP contribution in [0.15, 0.2) is 18.3 Å². The van der Waals surface area contributed by atoms with E-state index in [1.165, 1.54) is 12.8 Å². The minimum atomic E-state index is 0.685. The van der Waals surface area contributed by atoms with Crippen molar-refractivity contribution in [3.8, 4) is 6.07 Å². The Morgan fingerprint density at radius 3 is 3.00 bits per heavy atom. The highest BCUT2D eigenvalue weighted by Gasteiger charge is 2.23. The Hall–Kier alpha value is -1.64. The van der Waals surface area contributed by atoms with Gasteiger partial charge in [0.05, 0.1) is 24.8 Å². The molecule has 3 heterocycles. The van der Waals surface area contributed by atoms with Crippen molar-refractivity contribution in [2.45, 2.75) is 12.8 Å². The first kappa shape index (κ1) is 14.3. The Morgan fingerprint density at radius 2 is 2.19 bits per heavy atom. The molecule has 2 saturated heterocycles. The van der Waals surface area contributed by atoms with Gasteiger partial charge in [0.25, 0.3) is 0 Å². The monoisotopic (exact) mass is 286 g/mol. The van der Waals surface area contributed by atoms with Crippen LogP contribution in [-0.4, -0.2) is 55.8 Å². The van der Waals surface area contributed by atoms with Gasteiger partial charge in [-0.2, -0.15) is 5.26 Å². The Kier molecular flexibility index (Phi) is 4.69. The van der Waals surface area contributed by atoms with E-state index in [0.717, 1.165) is 51.8 Å². The van der Waals surface area contributed by atoms with Gasteiger partial charge in [-0.15, -0.1) is 0 Å². The first-order valence-electron chi connectivity index (χ1n) is 7.76. The van der Waals surface area contributed by atoms with Gasteiger partial charge in [-0.05, 0) is 30.9 Å². The van der Waals surface area contributed by atoms with Crippen molar-refractivity contribution in [1.29, 1.82) is 5.26 Å². The number of piperidine rings is 1. The molecular formula is C16H22N4O. The largest absolute Gasteiger partial charge is 0.379 e. The lowest BCUT2D eigenvalue weighted by Crippen LogP contribution is -2.44.